The number of hydrogen-bond donors (Lipinski definition) is 1. The molecule has 1 amide bonds. The van der Waals surface area contributed by atoms with E-state index < -0.39 is 17.9 Å². The summed E-state index contributed by atoms with van der Waals surface area (Å²) in [5.41, 5.74) is 5.69. The lowest BCUT2D eigenvalue weighted by Crippen LogP contribution is -2.48. The van der Waals surface area contributed by atoms with Gasteiger partial charge in [0, 0.05) is 18.3 Å². The predicted molar refractivity (Wildman–Crippen MR) is 85.3 cm³/mol. The average Bonchev–Trinajstić information content (AvgIpc) is 2.53. The van der Waals surface area contributed by atoms with Crippen LogP contribution in [-0.4, -0.2) is 35.5 Å². The highest BCUT2D eigenvalue weighted by atomic mass is 19.1. The van der Waals surface area contributed by atoms with Crippen molar-refractivity contribution in [3.05, 3.63) is 29.6 Å². The fraction of sp³-hybridized carbons (Fsp3) is 0.529. The van der Waals surface area contributed by atoms with Crippen LogP contribution in [0.5, 0.6) is 0 Å². The Morgan fingerprint density at radius 3 is 2.83 bits per heavy atom. The summed E-state index contributed by atoms with van der Waals surface area (Å²) in [6, 6.07) is 3.66. The number of benzene rings is 1. The smallest absolute Gasteiger partial charge is 0.341 e. The Kier molecular flexibility index (Phi) is 5.58. The molecule has 1 heterocycles. The first-order valence-electron chi connectivity index (χ1n) is 8.00. The molecular weight excluding hydrogens is 299 g/mol. The van der Waals surface area contributed by atoms with Gasteiger partial charge in [0.25, 0.3) is 5.91 Å². The van der Waals surface area contributed by atoms with Gasteiger partial charge in [0.15, 0.2) is 6.10 Å². The molecule has 0 radical (unpaired) electrons. The van der Waals surface area contributed by atoms with Crippen molar-refractivity contribution >= 4 is 17.6 Å². The molecule has 1 fully saturated rings. The van der Waals surface area contributed by atoms with E-state index in [9.17, 15) is 14.0 Å². The van der Waals surface area contributed by atoms with Crippen molar-refractivity contribution in [3.63, 3.8) is 0 Å². The van der Waals surface area contributed by atoms with Crippen molar-refractivity contribution in [2.24, 2.45) is 0 Å². The van der Waals surface area contributed by atoms with Gasteiger partial charge in [-0.25, -0.2) is 9.18 Å². The first-order chi connectivity index (χ1) is 10.9. The minimum atomic E-state index is -0.890. The van der Waals surface area contributed by atoms with Crippen LogP contribution in [0.4, 0.5) is 10.1 Å². The minimum Gasteiger partial charge on any atom is -0.449 e. The third kappa shape index (κ3) is 4.00. The molecule has 5 nitrogen and oxygen atoms in total. The molecule has 0 bridgehead atoms. The molecule has 1 saturated heterocycles. The SMILES string of the molecule is CCC1CCCCN1C(=O)C(C)OC(=O)c1ccc(F)cc1N. The number of nitrogen functional groups attached to an aromatic ring is 1. The molecule has 1 aromatic rings. The number of piperidine rings is 1. The number of halogens is 1. The van der Waals surface area contributed by atoms with Crippen molar-refractivity contribution < 1.29 is 18.7 Å². The molecule has 23 heavy (non-hydrogen) atoms. The van der Waals surface area contributed by atoms with Crippen LogP contribution in [0.15, 0.2) is 18.2 Å². The highest BCUT2D eigenvalue weighted by molar-refractivity contribution is 5.96. The number of nitrogens with two attached hydrogens (primary N) is 1. The van der Waals surface area contributed by atoms with E-state index in [-0.39, 0.29) is 23.2 Å². The van der Waals surface area contributed by atoms with Crippen LogP contribution >= 0.6 is 0 Å². The number of amides is 1. The zero-order valence-electron chi connectivity index (χ0n) is 13.5. The molecule has 6 heteroatoms. The predicted octanol–water partition coefficient (Wildman–Crippen LogP) is 2.74. The Bertz CT molecular complexity index is 591. The van der Waals surface area contributed by atoms with Crippen molar-refractivity contribution in [1.82, 2.24) is 4.90 Å². The summed E-state index contributed by atoms with van der Waals surface area (Å²) in [6.07, 6.45) is 3.06. The summed E-state index contributed by atoms with van der Waals surface area (Å²) >= 11 is 0. The lowest BCUT2D eigenvalue weighted by molar-refractivity contribution is -0.143. The average molecular weight is 322 g/mol. The Balaban J connectivity index is 2.03. The van der Waals surface area contributed by atoms with Gasteiger partial charge in [0.1, 0.15) is 5.82 Å². The third-order valence-electron chi connectivity index (χ3n) is 4.25. The lowest BCUT2D eigenvalue weighted by atomic mass is 9.99. The lowest BCUT2D eigenvalue weighted by Gasteiger charge is -2.36. The highest BCUT2D eigenvalue weighted by Gasteiger charge is 2.30. The molecule has 2 unspecified atom stereocenters. The molecule has 2 N–H and O–H groups in total. The molecule has 126 valence electrons. The summed E-state index contributed by atoms with van der Waals surface area (Å²) in [5, 5.41) is 0. The van der Waals surface area contributed by atoms with E-state index in [1.54, 1.807) is 11.8 Å². The molecule has 0 aromatic heterocycles. The Labute approximate surface area is 135 Å². The molecule has 1 aliphatic heterocycles. The molecular formula is C17H23FN2O3. The number of esters is 1. The van der Waals surface area contributed by atoms with Crippen molar-refractivity contribution in [2.45, 2.75) is 51.7 Å². The number of nitrogens with zero attached hydrogens (tertiary/aromatic N) is 1. The van der Waals surface area contributed by atoms with Crippen molar-refractivity contribution in [1.29, 1.82) is 0 Å². The summed E-state index contributed by atoms with van der Waals surface area (Å²) < 4.78 is 18.3. The molecule has 2 rings (SSSR count). The van der Waals surface area contributed by atoms with Gasteiger partial charge in [-0.15, -0.1) is 0 Å². The largest absolute Gasteiger partial charge is 0.449 e. The van der Waals surface area contributed by atoms with Crippen LogP contribution in [0.1, 0.15) is 49.9 Å². The van der Waals surface area contributed by atoms with Gasteiger partial charge in [0.2, 0.25) is 0 Å². The van der Waals surface area contributed by atoms with Gasteiger partial charge in [-0.3, -0.25) is 4.79 Å². The van der Waals surface area contributed by atoms with Crippen molar-refractivity contribution in [3.8, 4) is 0 Å². The first kappa shape index (κ1) is 17.2. The van der Waals surface area contributed by atoms with E-state index in [2.05, 4.69) is 0 Å². The molecule has 1 aliphatic rings. The number of rotatable bonds is 4. The van der Waals surface area contributed by atoms with Crippen LogP contribution < -0.4 is 5.73 Å². The standard InChI is InChI=1S/C17H23FN2O3/c1-3-13-6-4-5-9-20(13)16(21)11(2)23-17(22)14-8-7-12(18)10-15(14)19/h7-8,10-11,13H,3-6,9,19H2,1-2H3. The normalized spacial score (nSPS) is 19.3. The Morgan fingerprint density at radius 2 is 2.17 bits per heavy atom. The summed E-state index contributed by atoms with van der Waals surface area (Å²) in [5.74, 6) is -1.43. The van der Waals surface area contributed by atoms with E-state index >= 15 is 0 Å². The summed E-state index contributed by atoms with van der Waals surface area (Å²) in [4.78, 5) is 26.5. The third-order valence-corrected chi connectivity index (χ3v) is 4.25. The van der Waals surface area contributed by atoms with E-state index in [1.807, 2.05) is 6.92 Å². The molecule has 2 atom stereocenters. The second-order valence-electron chi connectivity index (χ2n) is 5.87. The maximum atomic E-state index is 13.0. The topological polar surface area (TPSA) is 72.6 Å². The summed E-state index contributed by atoms with van der Waals surface area (Å²) in [7, 11) is 0. The van der Waals surface area contributed by atoms with Crippen molar-refractivity contribution in [2.75, 3.05) is 12.3 Å². The van der Waals surface area contributed by atoms with E-state index in [1.165, 1.54) is 6.07 Å². The summed E-state index contributed by atoms with van der Waals surface area (Å²) in [6.45, 7) is 4.30. The molecule has 0 spiro atoms. The van der Waals surface area contributed by atoms with E-state index in [0.29, 0.717) is 6.54 Å². The van der Waals surface area contributed by atoms with Gasteiger partial charge in [-0.1, -0.05) is 6.92 Å². The zero-order chi connectivity index (χ0) is 17.0. The fourth-order valence-electron chi connectivity index (χ4n) is 2.94. The van der Waals surface area contributed by atoms with Crippen LogP contribution in [0.3, 0.4) is 0 Å². The number of hydrogen-bond acceptors (Lipinski definition) is 4. The number of carbonyl (C=O) groups excluding carboxylic acids is 2. The second-order valence-corrected chi connectivity index (χ2v) is 5.87. The van der Waals surface area contributed by atoms with E-state index in [4.69, 9.17) is 10.5 Å². The van der Waals surface area contributed by atoms with Crippen LogP contribution in [0.2, 0.25) is 0 Å². The zero-order valence-corrected chi connectivity index (χ0v) is 13.5. The molecule has 0 aliphatic carbocycles. The number of anilines is 1. The number of ether oxygens (including phenoxy) is 1. The monoisotopic (exact) mass is 322 g/mol. The molecule has 0 saturated carbocycles. The number of likely N-dealkylation sites (tertiary alicyclic amines) is 1. The van der Waals surface area contributed by atoms with Gasteiger partial charge in [0.05, 0.1) is 5.56 Å². The maximum absolute atomic E-state index is 13.0. The van der Waals surface area contributed by atoms with Crippen LogP contribution in [0.25, 0.3) is 0 Å². The quantitative estimate of drug-likeness (QED) is 0.683. The van der Waals surface area contributed by atoms with Gasteiger partial charge < -0.3 is 15.4 Å². The second kappa shape index (κ2) is 7.44. The molecule has 1 aromatic carbocycles. The van der Waals surface area contributed by atoms with Gasteiger partial charge >= 0.3 is 5.97 Å². The maximum Gasteiger partial charge on any atom is 0.341 e. The fourth-order valence-corrected chi connectivity index (χ4v) is 2.94. The van der Waals surface area contributed by atoms with E-state index in [0.717, 1.165) is 37.8 Å². The Morgan fingerprint density at radius 1 is 1.43 bits per heavy atom. The Hall–Kier alpha value is -2.11. The van der Waals surface area contributed by atoms with Gasteiger partial charge in [-0.2, -0.15) is 0 Å². The highest BCUT2D eigenvalue weighted by Crippen LogP contribution is 2.21. The van der Waals surface area contributed by atoms with Gasteiger partial charge in [-0.05, 0) is 50.8 Å². The minimum absolute atomic E-state index is 0.000874. The van der Waals surface area contributed by atoms with Crippen LogP contribution in [0, 0.1) is 5.82 Å². The number of carbonyl (C=O) groups is 2. The van der Waals surface area contributed by atoms with Crippen LogP contribution in [-0.2, 0) is 9.53 Å². The first-order valence-corrected chi connectivity index (χ1v) is 8.00.